The zero-order valence-corrected chi connectivity index (χ0v) is 7.51. The standard InChI is InChI=1S/C10H17NO/c1-2-8(1)9-10(7-11-9)3-5-12-6-4-10/h8-9,11H,1-7H2. The Morgan fingerprint density at radius 1 is 1.17 bits per heavy atom. The molecule has 2 heteroatoms. The van der Waals surface area contributed by atoms with Crippen molar-refractivity contribution in [3.8, 4) is 0 Å². The third-order valence-electron chi connectivity index (χ3n) is 3.92. The minimum absolute atomic E-state index is 0.666. The van der Waals surface area contributed by atoms with E-state index in [1.165, 1.54) is 32.2 Å². The Kier molecular flexibility index (Phi) is 1.50. The average molecular weight is 167 g/mol. The third-order valence-corrected chi connectivity index (χ3v) is 3.92. The SMILES string of the molecule is C1CC2(CCO1)CNC2C1CC1. The van der Waals surface area contributed by atoms with Crippen LogP contribution in [0.25, 0.3) is 0 Å². The molecule has 0 aromatic rings. The molecule has 0 bridgehead atoms. The van der Waals surface area contributed by atoms with Gasteiger partial charge in [-0.3, -0.25) is 0 Å². The maximum absolute atomic E-state index is 5.42. The van der Waals surface area contributed by atoms with Crippen molar-refractivity contribution in [2.75, 3.05) is 19.8 Å². The van der Waals surface area contributed by atoms with Gasteiger partial charge in [0, 0.05) is 31.2 Å². The lowest BCUT2D eigenvalue weighted by Gasteiger charge is -2.53. The molecule has 68 valence electrons. The van der Waals surface area contributed by atoms with Crippen LogP contribution in [0.4, 0.5) is 0 Å². The number of hydrogen-bond acceptors (Lipinski definition) is 2. The van der Waals surface area contributed by atoms with E-state index in [0.29, 0.717) is 5.41 Å². The van der Waals surface area contributed by atoms with Crippen LogP contribution in [0.5, 0.6) is 0 Å². The first-order chi connectivity index (χ1) is 5.91. The number of ether oxygens (including phenoxy) is 1. The van der Waals surface area contributed by atoms with Crippen LogP contribution >= 0.6 is 0 Å². The lowest BCUT2D eigenvalue weighted by molar-refractivity contribution is -0.0529. The fourth-order valence-corrected chi connectivity index (χ4v) is 2.87. The molecule has 1 atom stereocenters. The Bertz CT molecular complexity index is 182. The first-order valence-electron chi connectivity index (χ1n) is 5.22. The van der Waals surface area contributed by atoms with Crippen LogP contribution < -0.4 is 5.32 Å². The van der Waals surface area contributed by atoms with Crippen LogP contribution in [0.2, 0.25) is 0 Å². The van der Waals surface area contributed by atoms with Crippen LogP contribution in [0.3, 0.4) is 0 Å². The lowest BCUT2D eigenvalue weighted by Crippen LogP contribution is -2.65. The van der Waals surface area contributed by atoms with Crippen LogP contribution in [0.15, 0.2) is 0 Å². The Labute approximate surface area is 73.7 Å². The van der Waals surface area contributed by atoms with Crippen molar-refractivity contribution >= 4 is 0 Å². The predicted molar refractivity (Wildman–Crippen MR) is 47.0 cm³/mol. The molecule has 12 heavy (non-hydrogen) atoms. The second-order valence-corrected chi connectivity index (χ2v) is 4.67. The fraction of sp³-hybridized carbons (Fsp3) is 1.00. The Balaban J connectivity index is 1.71. The Morgan fingerprint density at radius 2 is 1.92 bits per heavy atom. The monoisotopic (exact) mass is 167 g/mol. The van der Waals surface area contributed by atoms with E-state index in [-0.39, 0.29) is 0 Å². The van der Waals surface area contributed by atoms with Crippen molar-refractivity contribution in [1.82, 2.24) is 5.32 Å². The molecule has 0 aromatic heterocycles. The summed E-state index contributed by atoms with van der Waals surface area (Å²) in [6, 6.07) is 0.862. The molecule has 1 aliphatic carbocycles. The molecule has 2 nitrogen and oxygen atoms in total. The molecule has 0 radical (unpaired) electrons. The molecule has 1 saturated carbocycles. The van der Waals surface area contributed by atoms with E-state index in [0.717, 1.165) is 25.2 Å². The fourth-order valence-electron chi connectivity index (χ4n) is 2.87. The van der Waals surface area contributed by atoms with E-state index in [4.69, 9.17) is 4.74 Å². The van der Waals surface area contributed by atoms with Gasteiger partial charge < -0.3 is 10.1 Å². The zero-order chi connectivity index (χ0) is 8.02. The van der Waals surface area contributed by atoms with E-state index >= 15 is 0 Å². The molecule has 2 heterocycles. The van der Waals surface area contributed by atoms with E-state index in [2.05, 4.69) is 5.32 Å². The summed E-state index contributed by atoms with van der Waals surface area (Å²) in [7, 11) is 0. The lowest BCUT2D eigenvalue weighted by atomic mass is 9.66. The molecule has 1 N–H and O–H groups in total. The predicted octanol–water partition coefficient (Wildman–Crippen LogP) is 1.17. The number of nitrogens with one attached hydrogen (secondary N) is 1. The van der Waals surface area contributed by atoms with Crippen molar-refractivity contribution in [2.45, 2.75) is 31.7 Å². The largest absolute Gasteiger partial charge is 0.381 e. The van der Waals surface area contributed by atoms with Gasteiger partial charge in [-0.2, -0.15) is 0 Å². The van der Waals surface area contributed by atoms with Gasteiger partial charge in [-0.1, -0.05) is 0 Å². The normalized spacial score (nSPS) is 39.5. The summed E-state index contributed by atoms with van der Waals surface area (Å²) in [4.78, 5) is 0. The van der Waals surface area contributed by atoms with E-state index in [1.54, 1.807) is 0 Å². The molecule has 0 amide bonds. The molecule has 3 rings (SSSR count). The molecule has 1 unspecified atom stereocenters. The minimum atomic E-state index is 0.666. The van der Waals surface area contributed by atoms with Crippen molar-refractivity contribution in [1.29, 1.82) is 0 Å². The molecule has 2 aliphatic heterocycles. The smallest absolute Gasteiger partial charge is 0.0472 e. The molecular weight excluding hydrogens is 150 g/mol. The molecule has 1 spiro atoms. The topological polar surface area (TPSA) is 21.3 Å². The molecular formula is C10H17NO. The number of hydrogen-bond donors (Lipinski definition) is 1. The molecule has 0 aromatic carbocycles. The summed E-state index contributed by atoms with van der Waals surface area (Å²) < 4.78 is 5.42. The van der Waals surface area contributed by atoms with Crippen LogP contribution in [-0.2, 0) is 4.74 Å². The second kappa shape index (κ2) is 2.46. The Morgan fingerprint density at radius 3 is 2.42 bits per heavy atom. The van der Waals surface area contributed by atoms with Gasteiger partial charge in [-0.15, -0.1) is 0 Å². The van der Waals surface area contributed by atoms with Crippen LogP contribution in [-0.4, -0.2) is 25.8 Å². The summed E-state index contributed by atoms with van der Waals surface area (Å²) >= 11 is 0. The maximum atomic E-state index is 5.42. The minimum Gasteiger partial charge on any atom is -0.381 e. The first kappa shape index (κ1) is 7.34. The highest BCUT2D eigenvalue weighted by Crippen LogP contribution is 2.49. The quantitative estimate of drug-likeness (QED) is 0.633. The van der Waals surface area contributed by atoms with Gasteiger partial charge in [0.15, 0.2) is 0 Å². The Hall–Kier alpha value is -0.0800. The van der Waals surface area contributed by atoms with Crippen molar-refractivity contribution in [3.63, 3.8) is 0 Å². The summed E-state index contributed by atoms with van der Waals surface area (Å²) in [6.07, 6.45) is 5.56. The van der Waals surface area contributed by atoms with Crippen LogP contribution in [0.1, 0.15) is 25.7 Å². The van der Waals surface area contributed by atoms with Gasteiger partial charge in [-0.05, 0) is 31.6 Å². The molecule has 2 saturated heterocycles. The van der Waals surface area contributed by atoms with E-state index in [1.807, 2.05) is 0 Å². The maximum Gasteiger partial charge on any atom is 0.0472 e. The van der Waals surface area contributed by atoms with E-state index < -0.39 is 0 Å². The molecule has 3 fully saturated rings. The van der Waals surface area contributed by atoms with Crippen molar-refractivity contribution in [3.05, 3.63) is 0 Å². The van der Waals surface area contributed by atoms with Gasteiger partial charge in [0.1, 0.15) is 0 Å². The second-order valence-electron chi connectivity index (χ2n) is 4.67. The zero-order valence-electron chi connectivity index (χ0n) is 7.51. The van der Waals surface area contributed by atoms with Gasteiger partial charge in [0.2, 0.25) is 0 Å². The van der Waals surface area contributed by atoms with Crippen molar-refractivity contribution in [2.24, 2.45) is 11.3 Å². The average Bonchev–Trinajstić information content (AvgIpc) is 2.88. The van der Waals surface area contributed by atoms with Gasteiger partial charge in [0.05, 0.1) is 0 Å². The third kappa shape index (κ3) is 0.944. The highest BCUT2D eigenvalue weighted by Gasteiger charge is 2.52. The summed E-state index contributed by atoms with van der Waals surface area (Å²) in [5.74, 6) is 1.02. The summed E-state index contributed by atoms with van der Waals surface area (Å²) in [5, 5.41) is 3.61. The summed E-state index contributed by atoms with van der Waals surface area (Å²) in [5.41, 5.74) is 0.666. The van der Waals surface area contributed by atoms with Crippen molar-refractivity contribution < 1.29 is 4.74 Å². The van der Waals surface area contributed by atoms with Gasteiger partial charge in [-0.25, -0.2) is 0 Å². The molecule has 3 aliphatic rings. The van der Waals surface area contributed by atoms with Crippen LogP contribution in [0, 0.1) is 11.3 Å². The highest BCUT2D eigenvalue weighted by molar-refractivity contribution is 5.08. The number of rotatable bonds is 1. The highest BCUT2D eigenvalue weighted by atomic mass is 16.5. The van der Waals surface area contributed by atoms with E-state index in [9.17, 15) is 0 Å². The first-order valence-corrected chi connectivity index (χ1v) is 5.22. The van der Waals surface area contributed by atoms with Gasteiger partial charge in [0.25, 0.3) is 0 Å². The van der Waals surface area contributed by atoms with Gasteiger partial charge >= 0.3 is 0 Å². The summed E-state index contributed by atoms with van der Waals surface area (Å²) in [6.45, 7) is 3.27.